The lowest BCUT2D eigenvalue weighted by atomic mass is 9.79. The number of carbonyl (C=O) groups is 2. The normalized spacial score (nSPS) is 21.2. The Bertz CT molecular complexity index is 506. The highest BCUT2D eigenvalue weighted by Gasteiger charge is 2.50. The first-order chi connectivity index (χ1) is 9.10. The van der Waals surface area contributed by atoms with Crippen LogP contribution in [0.5, 0.6) is 0 Å². The molecule has 4 nitrogen and oxygen atoms in total. The highest BCUT2D eigenvalue weighted by atomic mass is 16.5. The summed E-state index contributed by atoms with van der Waals surface area (Å²) in [5.41, 5.74) is -1.53. The number of esters is 1. The van der Waals surface area contributed by atoms with E-state index in [2.05, 4.69) is 0 Å². The summed E-state index contributed by atoms with van der Waals surface area (Å²) in [4.78, 5) is 24.0. The number of aliphatic hydroxyl groups is 1. The Morgan fingerprint density at radius 2 is 2.11 bits per heavy atom. The molecule has 0 saturated carbocycles. The molecule has 4 heteroatoms. The molecule has 1 aromatic rings. The summed E-state index contributed by atoms with van der Waals surface area (Å²) in [5.74, 6) is -1.84. The van der Waals surface area contributed by atoms with Crippen LogP contribution in [0.1, 0.15) is 18.9 Å². The van der Waals surface area contributed by atoms with E-state index in [0.717, 1.165) is 0 Å². The van der Waals surface area contributed by atoms with Crippen LogP contribution in [0, 0.1) is 5.92 Å². The van der Waals surface area contributed by atoms with E-state index in [1.807, 2.05) is 0 Å². The largest absolute Gasteiger partial charge is 0.464 e. The van der Waals surface area contributed by atoms with Crippen LogP contribution >= 0.6 is 0 Å². The molecule has 0 amide bonds. The summed E-state index contributed by atoms with van der Waals surface area (Å²) in [6, 6.07) is 8.47. The van der Waals surface area contributed by atoms with Gasteiger partial charge in [0.25, 0.3) is 0 Å². The Labute approximate surface area is 111 Å². The zero-order valence-corrected chi connectivity index (χ0v) is 10.7. The molecule has 0 fully saturated rings. The first-order valence-corrected chi connectivity index (χ1v) is 6.26. The predicted molar refractivity (Wildman–Crippen MR) is 69.2 cm³/mol. The molecule has 19 heavy (non-hydrogen) atoms. The summed E-state index contributed by atoms with van der Waals surface area (Å²) in [6.45, 7) is 1.82. The van der Waals surface area contributed by atoms with E-state index < -0.39 is 17.5 Å². The van der Waals surface area contributed by atoms with Crippen molar-refractivity contribution in [1.29, 1.82) is 0 Å². The van der Waals surface area contributed by atoms with Gasteiger partial charge in [-0.2, -0.15) is 0 Å². The molecule has 1 N–H and O–H groups in total. The Kier molecular flexibility index (Phi) is 3.81. The molecule has 2 atom stereocenters. The molecule has 0 aromatic heterocycles. The van der Waals surface area contributed by atoms with Crippen molar-refractivity contribution < 1.29 is 19.4 Å². The molecule has 0 aliphatic heterocycles. The Morgan fingerprint density at radius 1 is 1.42 bits per heavy atom. The van der Waals surface area contributed by atoms with Gasteiger partial charge in [0.05, 0.1) is 12.5 Å². The van der Waals surface area contributed by atoms with Gasteiger partial charge in [0.2, 0.25) is 0 Å². The predicted octanol–water partition coefficient (Wildman–Crippen LogP) is 1.58. The van der Waals surface area contributed by atoms with Gasteiger partial charge in [-0.05, 0) is 25.0 Å². The van der Waals surface area contributed by atoms with E-state index in [1.165, 1.54) is 6.08 Å². The molecule has 0 bridgehead atoms. The lowest BCUT2D eigenvalue weighted by Crippen LogP contribution is -2.46. The van der Waals surface area contributed by atoms with Gasteiger partial charge in [-0.15, -0.1) is 0 Å². The van der Waals surface area contributed by atoms with Crippen LogP contribution in [0.15, 0.2) is 42.5 Å². The maximum Gasteiger partial charge on any atom is 0.343 e. The summed E-state index contributed by atoms with van der Waals surface area (Å²) in [5, 5.41) is 10.8. The molecule has 0 heterocycles. The van der Waals surface area contributed by atoms with E-state index >= 15 is 0 Å². The van der Waals surface area contributed by atoms with Crippen LogP contribution in [0.3, 0.4) is 0 Å². The van der Waals surface area contributed by atoms with Gasteiger partial charge in [0.1, 0.15) is 0 Å². The second-order valence-corrected chi connectivity index (χ2v) is 4.45. The minimum Gasteiger partial charge on any atom is -0.464 e. The summed E-state index contributed by atoms with van der Waals surface area (Å²) < 4.78 is 4.95. The van der Waals surface area contributed by atoms with E-state index in [9.17, 15) is 14.7 Å². The quantitative estimate of drug-likeness (QED) is 0.835. The van der Waals surface area contributed by atoms with Crippen molar-refractivity contribution in [1.82, 2.24) is 0 Å². The van der Waals surface area contributed by atoms with Crippen molar-refractivity contribution in [2.45, 2.75) is 18.9 Å². The van der Waals surface area contributed by atoms with Crippen molar-refractivity contribution in [3.63, 3.8) is 0 Å². The second kappa shape index (κ2) is 5.36. The Morgan fingerprint density at radius 3 is 2.63 bits per heavy atom. The lowest BCUT2D eigenvalue weighted by molar-refractivity contribution is -0.174. The molecular formula is C15H16O4. The summed E-state index contributed by atoms with van der Waals surface area (Å²) in [7, 11) is 0. The van der Waals surface area contributed by atoms with Crippen LogP contribution in [-0.4, -0.2) is 23.5 Å². The third kappa shape index (κ3) is 2.31. The van der Waals surface area contributed by atoms with E-state index in [4.69, 9.17) is 4.74 Å². The van der Waals surface area contributed by atoms with Crippen molar-refractivity contribution in [2.75, 3.05) is 6.61 Å². The molecular weight excluding hydrogens is 244 g/mol. The SMILES string of the molecule is CCOC(=O)[C@@](O)(c1ccccc1)[C@@H]1CC=CC1=O. The highest BCUT2D eigenvalue weighted by Crippen LogP contribution is 2.37. The van der Waals surface area contributed by atoms with Gasteiger partial charge in [-0.25, -0.2) is 4.79 Å². The van der Waals surface area contributed by atoms with Gasteiger partial charge in [-0.1, -0.05) is 36.4 Å². The van der Waals surface area contributed by atoms with E-state index in [1.54, 1.807) is 43.3 Å². The third-order valence-corrected chi connectivity index (χ3v) is 3.30. The zero-order valence-electron chi connectivity index (χ0n) is 10.7. The topological polar surface area (TPSA) is 63.6 Å². The molecule has 2 rings (SSSR count). The van der Waals surface area contributed by atoms with E-state index in [-0.39, 0.29) is 12.4 Å². The molecule has 1 aliphatic rings. The average Bonchev–Trinajstić information content (AvgIpc) is 2.86. The fraction of sp³-hybridized carbons (Fsp3) is 0.333. The van der Waals surface area contributed by atoms with Crippen LogP contribution in [0.2, 0.25) is 0 Å². The van der Waals surface area contributed by atoms with Gasteiger partial charge >= 0.3 is 5.97 Å². The number of benzene rings is 1. The minimum absolute atomic E-state index is 0.155. The van der Waals surface area contributed by atoms with Gasteiger partial charge < -0.3 is 9.84 Å². The number of ketones is 1. The summed E-state index contributed by atoms with van der Waals surface area (Å²) >= 11 is 0. The lowest BCUT2D eigenvalue weighted by Gasteiger charge is -2.31. The number of ether oxygens (including phenoxy) is 1. The third-order valence-electron chi connectivity index (χ3n) is 3.30. The fourth-order valence-electron chi connectivity index (χ4n) is 2.32. The number of carbonyl (C=O) groups excluding carboxylic acids is 2. The van der Waals surface area contributed by atoms with Crippen molar-refractivity contribution in [3.05, 3.63) is 48.0 Å². The van der Waals surface area contributed by atoms with Gasteiger partial charge in [0, 0.05) is 0 Å². The molecule has 1 aliphatic carbocycles. The monoisotopic (exact) mass is 260 g/mol. The van der Waals surface area contributed by atoms with Crippen molar-refractivity contribution >= 4 is 11.8 Å². The van der Waals surface area contributed by atoms with Crippen LogP contribution < -0.4 is 0 Å². The van der Waals surface area contributed by atoms with Crippen LogP contribution in [0.25, 0.3) is 0 Å². The number of allylic oxidation sites excluding steroid dienone is 2. The van der Waals surface area contributed by atoms with Crippen molar-refractivity contribution in [2.24, 2.45) is 5.92 Å². The standard InChI is InChI=1S/C15H16O4/c1-2-19-14(17)15(18,11-7-4-3-5-8-11)12-9-6-10-13(12)16/h3-8,10,12,18H,2,9H2,1H3/t12-,15-/m1/s1. The first-order valence-electron chi connectivity index (χ1n) is 6.26. The van der Waals surface area contributed by atoms with Crippen molar-refractivity contribution in [3.8, 4) is 0 Å². The van der Waals surface area contributed by atoms with Gasteiger partial charge in [0.15, 0.2) is 11.4 Å². The maximum atomic E-state index is 12.1. The number of hydrogen-bond acceptors (Lipinski definition) is 4. The molecule has 0 unspecified atom stereocenters. The molecule has 0 saturated heterocycles. The smallest absolute Gasteiger partial charge is 0.343 e. The molecule has 0 radical (unpaired) electrons. The Hall–Kier alpha value is -1.94. The maximum absolute atomic E-state index is 12.1. The summed E-state index contributed by atoms with van der Waals surface area (Å²) in [6.07, 6.45) is 3.40. The van der Waals surface area contributed by atoms with Gasteiger partial charge in [-0.3, -0.25) is 4.79 Å². The molecule has 0 spiro atoms. The first kappa shape index (κ1) is 13.5. The fourth-order valence-corrected chi connectivity index (χ4v) is 2.32. The minimum atomic E-state index is -1.92. The number of hydrogen-bond donors (Lipinski definition) is 1. The average molecular weight is 260 g/mol. The molecule has 100 valence electrons. The van der Waals surface area contributed by atoms with E-state index in [0.29, 0.717) is 12.0 Å². The van der Waals surface area contributed by atoms with Crippen LogP contribution in [0.4, 0.5) is 0 Å². The Balaban J connectivity index is 2.44. The zero-order chi connectivity index (χ0) is 13.9. The number of rotatable bonds is 4. The second-order valence-electron chi connectivity index (χ2n) is 4.45. The highest BCUT2D eigenvalue weighted by molar-refractivity contribution is 5.99. The van der Waals surface area contributed by atoms with Crippen LogP contribution in [-0.2, 0) is 19.9 Å². The molecule has 1 aromatic carbocycles.